The standard InChI is InChI=1S/C20H24N4O4/c1-2-27-19(25)17(10-24-12-21-11-22-24)28-20(26)23-18-15-7-3-5-13(15)9-14-6-4-8-16(14)18/h9,11-12,17H,2-8,10H2,1H3,(H,23,26). The number of esters is 1. The third-order valence-electron chi connectivity index (χ3n) is 5.32. The summed E-state index contributed by atoms with van der Waals surface area (Å²) < 4.78 is 11.9. The summed E-state index contributed by atoms with van der Waals surface area (Å²) in [6, 6.07) is 2.30. The number of fused-ring (bicyclic) bond motifs is 2. The van der Waals surface area contributed by atoms with Crippen LogP contribution in [0.3, 0.4) is 0 Å². The van der Waals surface area contributed by atoms with Crippen molar-refractivity contribution < 1.29 is 19.1 Å². The summed E-state index contributed by atoms with van der Waals surface area (Å²) in [6.07, 6.45) is 7.28. The largest absolute Gasteiger partial charge is 0.463 e. The van der Waals surface area contributed by atoms with Gasteiger partial charge in [0.05, 0.1) is 18.8 Å². The maximum Gasteiger partial charge on any atom is 0.412 e. The van der Waals surface area contributed by atoms with Gasteiger partial charge in [-0.25, -0.2) is 19.3 Å². The van der Waals surface area contributed by atoms with E-state index in [1.165, 1.54) is 39.6 Å². The van der Waals surface area contributed by atoms with Crippen molar-refractivity contribution in [3.05, 3.63) is 41.0 Å². The molecular weight excluding hydrogens is 360 g/mol. The molecule has 0 bridgehead atoms. The second-order valence-corrected chi connectivity index (χ2v) is 7.12. The van der Waals surface area contributed by atoms with Crippen LogP contribution < -0.4 is 5.32 Å². The fraction of sp³-hybridized carbons (Fsp3) is 0.500. The number of hydrogen-bond donors (Lipinski definition) is 1. The molecule has 8 heteroatoms. The van der Waals surface area contributed by atoms with Crippen LogP contribution in [0.2, 0.25) is 0 Å². The first-order chi connectivity index (χ1) is 13.7. The molecule has 0 aliphatic heterocycles. The molecule has 1 amide bonds. The summed E-state index contributed by atoms with van der Waals surface area (Å²) in [5, 5.41) is 6.91. The fourth-order valence-electron chi connectivity index (χ4n) is 4.12. The highest BCUT2D eigenvalue weighted by atomic mass is 16.6. The second-order valence-electron chi connectivity index (χ2n) is 7.12. The minimum Gasteiger partial charge on any atom is -0.463 e. The number of amides is 1. The summed E-state index contributed by atoms with van der Waals surface area (Å²) in [6.45, 7) is 1.97. The van der Waals surface area contributed by atoms with E-state index in [-0.39, 0.29) is 13.2 Å². The predicted molar refractivity (Wildman–Crippen MR) is 101 cm³/mol. The highest BCUT2D eigenvalue weighted by molar-refractivity contribution is 5.90. The van der Waals surface area contributed by atoms with E-state index in [1.807, 2.05) is 0 Å². The van der Waals surface area contributed by atoms with E-state index in [2.05, 4.69) is 21.5 Å². The Morgan fingerprint density at radius 1 is 1.18 bits per heavy atom. The van der Waals surface area contributed by atoms with Crippen LogP contribution in [-0.4, -0.2) is 39.5 Å². The molecular formula is C20H24N4O4. The van der Waals surface area contributed by atoms with E-state index in [1.54, 1.807) is 6.92 Å². The molecule has 2 aliphatic carbocycles. The van der Waals surface area contributed by atoms with E-state index in [4.69, 9.17) is 9.47 Å². The summed E-state index contributed by atoms with van der Waals surface area (Å²) in [5.74, 6) is -0.600. The maximum absolute atomic E-state index is 12.7. The van der Waals surface area contributed by atoms with Gasteiger partial charge in [0, 0.05) is 0 Å². The average Bonchev–Trinajstić information content (AvgIpc) is 3.42. The van der Waals surface area contributed by atoms with Crippen molar-refractivity contribution in [1.29, 1.82) is 0 Å². The van der Waals surface area contributed by atoms with Crippen molar-refractivity contribution in [1.82, 2.24) is 14.8 Å². The zero-order chi connectivity index (χ0) is 19.5. The molecule has 148 valence electrons. The molecule has 0 spiro atoms. The molecule has 28 heavy (non-hydrogen) atoms. The molecule has 1 unspecified atom stereocenters. The van der Waals surface area contributed by atoms with Gasteiger partial charge in [-0.15, -0.1) is 0 Å². The third-order valence-corrected chi connectivity index (χ3v) is 5.32. The number of carbonyl (C=O) groups is 2. The SMILES string of the molecule is CCOC(=O)C(Cn1cncn1)OC(=O)Nc1c2c(cc3c1CCC3)CCC2. The fourth-order valence-corrected chi connectivity index (χ4v) is 4.12. The van der Waals surface area contributed by atoms with Crippen molar-refractivity contribution in [3.8, 4) is 0 Å². The normalized spacial score (nSPS) is 15.6. The molecule has 0 radical (unpaired) electrons. The highest BCUT2D eigenvalue weighted by Crippen LogP contribution is 2.38. The summed E-state index contributed by atoms with van der Waals surface area (Å²) in [5.41, 5.74) is 5.94. The average molecular weight is 384 g/mol. The Hall–Kier alpha value is -2.90. The number of aromatic nitrogens is 3. The molecule has 1 N–H and O–H groups in total. The molecule has 8 nitrogen and oxygen atoms in total. The van der Waals surface area contributed by atoms with Crippen LogP contribution in [0.25, 0.3) is 0 Å². The van der Waals surface area contributed by atoms with Gasteiger partial charge in [-0.3, -0.25) is 5.32 Å². The molecule has 0 saturated carbocycles. The van der Waals surface area contributed by atoms with E-state index >= 15 is 0 Å². The Kier molecular flexibility index (Phi) is 5.27. The summed E-state index contributed by atoms with van der Waals surface area (Å²) in [4.78, 5) is 28.8. The number of anilines is 1. The first kappa shape index (κ1) is 18.5. The zero-order valence-corrected chi connectivity index (χ0v) is 15.9. The highest BCUT2D eigenvalue weighted by Gasteiger charge is 2.28. The van der Waals surface area contributed by atoms with Crippen LogP contribution in [0, 0.1) is 0 Å². The van der Waals surface area contributed by atoms with E-state index < -0.39 is 18.2 Å². The van der Waals surface area contributed by atoms with Gasteiger partial charge < -0.3 is 9.47 Å². The van der Waals surface area contributed by atoms with Gasteiger partial charge in [-0.05, 0) is 67.7 Å². The van der Waals surface area contributed by atoms with Crippen LogP contribution in [0.4, 0.5) is 10.5 Å². The lowest BCUT2D eigenvalue weighted by Crippen LogP contribution is -2.35. The smallest absolute Gasteiger partial charge is 0.412 e. The third kappa shape index (κ3) is 3.72. The quantitative estimate of drug-likeness (QED) is 0.769. The molecule has 0 saturated heterocycles. The Bertz CT molecular complexity index is 847. The Morgan fingerprint density at radius 2 is 1.89 bits per heavy atom. The van der Waals surface area contributed by atoms with Gasteiger partial charge in [0.15, 0.2) is 0 Å². The molecule has 1 aromatic carbocycles. The van der Waals surface area contributed by atoms with Gasteiger partial charge in [0.2, 0.25) is 6.10 Å². The van der Waals surface area contributed by atoms with Gasteiger partial charge in [0.25, 0.3) is 0 Å². The maximum atomic E-state index is 12.7. The van der Waals surface area contributed by atoms with E-state index in [9.17, 15) is 9.59 Å². The number of rotatable bonds is 6. The van der Waals surface area contributed by atoms with Crippen LogP contribution in [0.15, 0.2) is 18.7 Å². The van der Waals surface area contributed by atoms with Gasteiger partial charge >= 0.3 is 12.1 Å². The molecule has 1 aromatic heterocycles. The van der Waals surface area contributed by atoms with Crippen LogP contribution >= 0.6 is 0 Å². The van der Waals surface area contributed by atoms with Crippen molar-refractivity contribution >= 4 is 17.7 Å². The van der Waals surface area contributed by atoms with Crippen molar-refractivity contribution in [2.75, 3.05) is 11.9 Å². The van der Waals surface area contributed by atoms with Crippen LogP contribution in [0.5, 0.6) is 0 Å². The number of carbonyl (C=O) groups excluding carboxylic acids is 2. The molecule has 0 fully saturated rings. The van der Waals surface area contributed by atoms with Crippen molar-refractivity contribution in [2.45, 2.75) is 58.1 Å². The number of nitrogens with zero attached hydrogens (tertiary/aromatic N) is 3. The minimum absolute atomic E-state index is 0.0528. The van der Waals surface area contributed by atoms with Gasteiger partial charge in [-0.2, -0.15) is 5.10 Å². The predicted octanol–water partition coefficient (Wildman–Crippen LogP) is 2.44. The summed E-state index contributed by atoms with van der Waals surface area (Å²) >= 11 is 0. The van der Waals surface area contributed by atoms with E-state index in [0.29, 0.717) is 0 Å². The number of ether oxygens (including phenoxy) is 2. The number of nitrogens with one attached hydrogen (secondary N) is 1. The molecule has 2 aromatic rings. The molecule has 1 atom stereocenters. The summed E-state index contributed by atoms with van der Waals surface area (Å²) in [7, 11) is 0. The lowest BCUT2D eigenvalue weighted by Gasteiger charge is -2.19. The van der Waals surface area contributed by atoms with Crippen molar-refractivity contribution in [3.63, 3.8) is 0 Å². The van der Waals surface area contributed by atoms with Crippen LogP contribution in [-0.2, 0) is 46.5 Å². The Balaban J connectivity index is 1.52. The van der Waals surface area contributed by atoms with Gasteiger partial charge in [0.1, 0.15) is 12.7 Å². The van der Waals surface area contributed by atoms with Crippen molar-refractivity contribution in [2.24, 2.45) is 0 Å². The zero-order valence-electron chi connectivity index (χ0n) is 15.9. The molecule has 1 heterocycles. The lowest BCUT2D eigenvalue weighted by molar-refractivity contribution is -0.153. The molecule has 4 rings (SSSR count). The first-order valence-corrected chi connectivity index (χ1v) is 9.79. The number of aryl methyl sites for hydroxylation is 2. The molecule has 2 aliphatic rings. The second kappa shape index (κ2) is 8.00. The monoisotopic (exact) mass is 384 g/mol. The van der Waals surface area contributed by atoms with Gasteiger partial charge in [-0.1, -0.05) is 6.07 Å². The van der Waals surface area contributed by atoms with Crippen LogP contribution in [0.1, 0.15) is 42.0 Å². The Labute approximate surface area is 163 Å². The number of benzene rings is 1. The topological polar surface area (TPSA) is 95.3 Å². The van der Waals surface area contributed by atoms with E-state index in [0.717, 1.165) is 44.2 Å². The minimum atomic E-state index is -1.09. The number of hydrogen-bond acceptors (Lipinski definition) is 6. The lowest BCUT2D eigenvalue weighted by atomic mass is 9.99. The Morgan fingerprint density at radius 3 is 2.50 bits per heavy atom. The first-order valence-electron chi connectivity index (χ1n) is 9.79.